The van der Waals surface area contributed by atoms with Crippen LogP contribution in [0.5, 0.6) is 0 Å². The average Bonchev–Trinajstić information content (AvgIpc) is 3.60. The van der Waals surface area contributed by atoms with Gasteiger partial charge in [0.05, 0.1) is 26.0 Å². The summed E-state index contributed by atoms with van der Waals surface area (Å²) in [5, 5.41) is 18.2. The Morgan fingerprint density at radius 2 is 1.56 bits per heavy atom. The second kappa shape index (κ2) is 13.4. The SMILES string of the molecule is CC(C)(C)OC(=O)NCc1cn(Cc2ccc[cH-]2)nn1.COC(=O)c1cn(Cc2ccc[cH-]2)nn1.[Fe+2]. The molecule has 2 heterocycles. The van der Waals surface area contributed by atoms with Gasteiger partial charge in [-0.25, -0.2) is 43.2 Å². The number of nitrogens with one attached hydrogen (secondary N) is 1. The summed E-state index contributed by atoms with van der Waals surface area (Å²) >= 11 is 0. The number of amides is 1. The number of hydrogen-bond acceptors (Lipinski definition) is 8. The van der Waals surface area contributed by atoms with Gasteiger partial charge in [0.15, 0.2) is 5.69 Å². The van der Waals surface area contributed by atoms with E-state index < -0.39 is 17.7 Å². The van der Waals surface area contributed by atoms with Crippen molar-refractivity contribution in [3.63, 3.8) is 0 Å². The van der Waals surface area contributed by atoms with Gasteiger partial charge in [-0.1, -0.05) is 10.4 Å². The number of carbonyl (C=O) groups excluding carboxylic acids is 2. The molecule has 11 nitrogen and oxygen atoms in total. The molecule has 12 heteroatoms. The van der Waals surface area contributed by atoms with Gasteiger partial charge in [-0.05, 0) is 20.8 Å². The minimum Gasteiger partial charge on any atom is -0.464 e. The monoisotopic (exact) mass is 535 g/mol. The number of methoxy groups -OCH3 is 1. The molecule has 0 aliphatic rings. The van der Waals surface area contributed by atoms with Crippen LogP contribution in [0.4, 0.5) is 4.79 Å². The van der Waals surface area contributed by atoms with Crippen LogP contribution in [0.3, 0.4) is 0 Å². The van der Waals surface area contributed by atoms with Crippen LogP contribution in [0.25, 0.3) is 0 Å². The summed E-state index contributed by atoms with van der Waals surface area (Å²) in [5.41, 5.74) is 2.71. The summed E-state index contributed by atoms with van der Waals surface area (Å²) in [7, 11) is 1.32. The zero-order valence-corrected chi connectivity index (χ0v) is 21.7. The van der Waals surface area contributed by atoms with Gasteiger partial charge in [0, 0.05) is 13.1 Å². The van der Waals surface area contributed by atoms with E-state index in [2.05, 4.69) is 30.7 Å². The first-order chi connectivity index (χ1) is 16.7. The first-order valence-electron chi connectivity index (χ1n) is 11.0. The fraction of sp³-hybridized carbons (Fsp3) is 0.333. The minimum absolute atomic E-state index is 0. The molecule has 4 rings (SSSR count). The molecule has 1 N–H and O–H groups in total. The zero-order chi connectivity index (χ0) is 25.3. The zero-order valence-electron chi connectivity index (χ0n) is 20.6. The molecule has 0 bridgehead atoms. The number of aromatic nitrogens is 6. The van der Waals surface area contributed by atoms with E-state index in [4.69, 9.17) is 4.74 Å². The van der Waals surface area contributed by atoms with Crippen molar-refractivity contribution in [1.82, 2.24) is 35.3 Å². The number of esters is 1. The second-order valence-electron chi connectivity index (χ2n) is 8.64. The van der Waals surface area contributed by atoms with Gasteiger partial charge in [0.1, 0.15) is 11.3 Å². The van der Waals surface area contributed by atoms with Crippen LogP contribution in [0, 0.1) is 0 Å². The van der Waals surface area contributed by atoms with Crippen molar-refractivity contribution in [2.75, 3.05) is 7.11 Å². The number of nitrogens with zero attached hydrogens (tertiary/aromatic N) is 6. The second-order valence-corrected chi connectivity index (χ2v) is 8.64. The fourth-order valence-electron chi connectivity index (χ4n) is 2.96. The van der Waals surface area contributed by atoms with Gasteiger partial charge in [-0.15, -0.1) is 21.3 Å². The summed E-state index contributed by atoms with van der Waals surface area (Å²) < 4.78 is 13.0. The van der Waals surface area contributed by atoms with E-state index in [1.54, 1.807) is 15.6 Å². The quantitative estimate of drug-likeness (QED) is 0.218. The van der Waals surface area contributed by atoms with E-state index in [1.807, 2.05) is 75.5 Å². The Balaban J connectivity index is 0.000000256. The number of ether oxygens (including phenoxy) is 2. The van der Waals surface area contributed by atoms with E-state index in [0.717, 1.165) is 5.56 Å². The molecule has 0 saturated carbocycles. The van der Waals surface area contributed by atoms with Crippen molar-refractivity contribution in [2.45, 2.75) is 46.0 Å². The molecule has 0 aliphatic heterocycles. The van der Waals surface area contributed by atoms with Crippen molar-refractivity contribution in [3.8, 4) is 0 Å². The van der Waals surface area contributed by atoms with Crippen LogP contribution < -0.4 is 5.32 Å². The predicted molar refractivity (Wildman–Crippen MR) is 127 cm³/mol. The third kappa shape index (κ3) is 9.47. The largest absolute Gasteiger partial charge is 2.00 e. The topological polar surface area (TPSA) is 126 Å². The molecule has 0 unspecified atom stereocenters. The Hall–Kier alpha value is -3.76. The molecule has 192 valence electrons. The molecule has 2 aromatic heterocycles. The molecule has 0 aliphatic carbocycles. The van der Waals surface area contributed by atoms with Crippen LogP contribution in [-0.4, -0.2) is 54.8 Å². The normalized spacial score (nSPS) is 10.6. The Kier molecular flexibility index (Phi) is 10.6. The van der Waals surface area contributed by atoms with Crippen molar-refractivity contribution in [2.24, 2.45) is 0 Å². The molecule has 0 radical (unpaired) electrons. The maximum Gasteiger partial charge on any atom is 2.00 e. The van der Waals surface area contributed by atoms with Crippen molar-refractivity contribution in [3.05, 3.63) is 83.4 Å². The van der Waals surface area contributed by atoms with Crippen LogP contribution in [0.15, 0.2) is 60.9 Å². The molecule has 0 saturated heterocycles. The maximum atomic E-state index is 11.5. The van der Waals surface area contributed by atoms with E-state index in [-0.39, 0.29) is 22.8 Å². The van der Waals surface area contributed by atoms with E-state index in [1.165, 1.54) is 12.7 Å². The molecular formula is C24H29FeN7O4. The van der Waals surface area contributed by atoms with Crippen LogP contribution in [0.1, 0.15) is 48.1 Å². The van der Waals surface area contributed by atoms with Gasteiger partial charge >= 0.3 is 29.1 Å². The minimum atomic E-state index is -0.501. The van der Waals surface area contributed by atoms with Gasteiger partial charge < -0.3 is 14.8 Å². The number of alkyl carbamates (subject to hydrolysis) is 1. The standard InChI is InChI=1S/C14H19N4O2.C10H10N3O2.Fe/c1-14(2,3)20-13(19)15-8-12-10-18(17-16-12)9-11-6-4-5-7-11;1-15-10(14)9-7-13(12-11-9)6-8-4-2-3-5-8;/h4-7,10H,8-9H2,1-3H3,(H,15,19);2-5,7H,6H2,1H3;/q2*-1;+2. The number of hydrogen-bond donors (Lipinski definition) is 1. The van der Waals surface area contributed by atoms with Crippen molar-refractivity contribution < 1.29 is 36.1 Å². The smallest absolute Gasteiger partial charge is 0.464 e. The number of rotatable bonds is 7. The molecule has 0 fully saturated rings. The van der Waals surface area contributed by atoms with Crippen molar-refractivity contribution >= 4 is 12.1 Å². The summed E-state index contributed by atoms with van der Waals surface area (Å²) in [4.78, 5) is 22.6. The van der Waals surface area contributed by atoms with Gasteiger partial charge in [0.2, 0.25) is 0 Å². The summed E-state index contributed by atoms with van der Waals surface area (Å²) in [6, 6.07) is 15.9. The van der Waals surface area contributed by atoms with Gasteiger partial charge in [0.25, 0.3) is 0 Å². The Morgan fingerprint density at radius 3 is 2.08 bits per heavy atom. The van der Waals surface area contributed by atoms with E-state index >= 15 is 0 Å². The van der Waals surface area contributed by atoms with Crippen LogP contribution in [0.2, 0.25) is 0 Å². The van der Waals surface area contributed by atoms with Gasteiger partial charge in [-0.3, -0.25) is 0 Å². The summed E-state index contributed by atoms with van der Waals surface area (Å²) in [6.45, 7) is 7.05. The van der Waals surface area contributed by atoms with Crippen LogP contribution >= 0.6 is 0 Å². The van der Waals surface area contributed by atoms with E-state index in [9.17, 15) is 9.59 Å². The summed E-state index contributed by atoms with van der Waals surface area (Å²) in [5.74, 6) is -0.469. The molecule has 0 spiro atoms. The predicted octanol–water partition coefficient (Wildman–Crippen LogP) is 2.90. The van der Waals surface area contributed by atoms with Crippen molar-refractivity contribution in [1.29, 1.82) is 0 Å². The first-order valence-corrected chi connectivity index (χ1v) is 11.0. The molecule has 2 aromatic carbocycles. The Labute approximate surface area is 220 Å². The third-order valence-corrected chi connectivity index (χ3v) is 4.48. The Morgan fingerprint density at radius 1 is 0.972 bits per heavy atom. The molecule has 0 atom stereocenters. The third-order valence-electron chi connectivity index (χ3n) is 4.48. The average molecular weight is 535 g/mol. The maximum absolute atomic E-state index is 11.5. The Bertz CT molecular complexity index is 1190. The molecule has 1 amide bonds. The summed E-state index contributed by atoms with van der Waals surface area (Å²) in [6.07, 6.45) is 2.92. The number of carbonyl (C=O) groups is 2. The molecule has 36 heavy (non-hydrogen) atoms. The van der Waals surface area contributed by atoms with Gasteiger partial charge in [-0.2, -0.15) is 24.3 Å². The molecular weight excluding hydrogens is 506 g/mol. The van der Waals surface area contributed by atoms with Crippen LogP contribution in [-0.2, 0) is 46.2 Å². The van der Waals surface area contributed by atoms with E-state index in [0.29, 0.717) is 25.3 Å². The molecule has 4 aromatic rings. The fourth-order valence-corrected chi connectivity index (χ4v) is 2.96. The first kappa shape index (κ1) is 28.5.